The highest BCUT2D eigenvalue weighted by Gasteiger charge is 2.43. The molecule has 1 saturated carbocycles. The van der Waals surface area contributed by atoms with Gasteiger partial charge in [0.05, 0.1) is 6.04 Å². The molecule has 1 unspecified atom stereocenters. The summed E-state index contributed by atoms with van der Waals surface area (Å²) in [5, 5.41) is 0.733. The second-order valence-corrected chi connectivity index (χ2v) is 9.62. The van der Waals surface area contributed by atoms with E-state index in [0.29, 0.717) is 5.92 Å². The number of hydrogen-bond donors (Lipinski definition) is 0. The van der Waals surface area contributed by atoms with Crippen molar-refractivity contribution in [3.8, 4) is 0 Å². The minimum absolute atomic E-state index is 0.111. The zero-order chi connectivity index (χ0) is 20.9. The third-order valence-electron chi connectivity index (χ3n) is 6.03. The van der Waals surface area contributed by atoms with E-state index in [1.165, 1.54) is 24.0 Å². The number of nitrogens with zero attached hydrogens (tertiary/aromatic N) is 1. The van der Waals surface area contributed by atoms with Crippen molar-refractivity contribution in [1.82, 2.24) is 4.90 Å². The number of thioether (sulfide) groups is 1. The number of benzene rings is 2. The van der Waals surface area contributed by atoms with Crippen molar-refractivity contribution in [2.24, 2.45) is 5.92 Å². The van der Waals surface area contributed by atoms with E-state index in [-0.39, 0.29) is 18.0 Å². The Morgan fingerprint density at radius 2 is 1.83 bits per heavy atom. The molecular formula is C26H28ClNOS. The van der Waals surface area contributed by atoms with Gasteiger partial charge in [-0.25, -0.2) is 0 Å². The Bertz CT molecular complexity index is 904. The molecule has 0 N–H and O–H groups in total. The average molecular weight is 438 g/mol. The lowest BCUT2D eigenvalue weighted by Gasteiger charge is -2.42. The molecule has 2 atom stereocenters. The lowest BCUT2D eigenvalue weighted by Crippen LogP contribution is -2.48. The van der Waals surface area contributed by atoms with Gasteiger partial charge in [0, 0.05) is 28.1 Å². The fourth-order valence-electron chi connectivity index (χ4n) is 4.33. The first-order valence-corrected chi connectivity index (χ1v) is 12.2. The van der Waals surface area contributed by atoms with Crippen LogP contribution in [-0.4, -0.2) is 22.6 Å². The van der Waals surface area contributed by atoms with Gasteiger partial charge in [-0.2, -0.15) is 11.8 Å². The highest BCUT2D eigenvalue weighted by Crippen LogP contribution is 2.44. The first-order chi connectivity index (χ1) is 14.7. The maximum absolute atomic E-state index is 13.5. The molecule has 0 spiro atoms. The van der Waals surface area contributed by atoms with Crippen molar-refractivity contribution in [1.29, 1.82) is 0 Å². The molecule has 2 aromatic rings. The summed E-state index contributed by atoms with van der Waals surface area (Å²) in [6, 6.07) is 19.0. The highest BCUT2D eigenvalue weighted by atomic mass is 35.5. The molecule has 30 heavy (non-hydrogen) atoms. The Balaban J connectivity index is 1.57. The smallest absolute Gasteiger partial charge is 0.250 e. The number of likely N-dealkylation sites (tertiary alicyclic amines) is 1. The lowest BCUT2D eigenvalue weighted by molar-refractivity contribution is -0.134. The van der Waals surface area contributed by atoms with Gasteiger partial charge in [0.25, 0.3) is 5.91 Å². The summed E-state index contributed by atoms with van der Waals surface area (Å²) in [6.07, 6.45) is 7.81. The van der Waals surface area contributed by atoms with Crippen LogP contribution >= 0.6 is 23.4 Å². The number of hydrogen-bond acceptors (Lipinski definition) is 2. The molecule has 1 saturated heterocycles. The molecule has 1 aliphatic carbocycles. The predicted octanol–water partition coefficient (Wildman–Crippen LogP) is 6.83. The Morgan fingerprint density at radius 3 is 2.50 bits per heavy atom. The number of carbonyl (C=O) groups excluding carboxylic acids is 1. The van der Waals surface area contributed by atoms with Gasteiger partial charge in [0.15, 0.2) is 0 Å². The monoisotopic (exact) mass is 437 g/mol. The molecule has 2 nitrogen and oxygen atoms in total. The van der Waals surface area contributed by atoms with E-state index in [9.17, 15) is 4.79 Å². The average Bonchev–Trinajstić information content (AvgIpc) is 3.60. The molecule has 0 radical (unpaired) electrons. The number of carbonyl (C=O) groups is 1. The zero-order valence-corrected chi connectivity index (χ0v) is 18.7. The van der Waals surface area contributed by atoms with Gasteiger partial charge < -0.3 is 4.90 Å². The second-order valence-electron chi connectivity index (χ2n) is 8.15. The Morgan fingerprint density at radius 1 is 1.10 bits per heavy atom. The van der Waals surface area contributed by atoms with Crippen LogP contribution in [0.3, 0.4) is 0 Å². The molecule has 0 aromatic heterocycles. The van der Waals surface area contributed by atoms with Crippen LogP contribution in [0.4, 0.5) is 0 Å². The number of halogens is 1. The number of piperidine rings is 1. The van der Waals surface area contributed by atoms with E-state index in [4.69, 9.17) is 11.6 Å². The van der Waals surface area contributed by atoms with E-state index in [0.717, 1.165) is 34.9 Å². The summed E-state index contributed by atoms with van der Waals surface area (Å²) in [5.41, 5.74) is 3.40. The van der Waals surface area contributed by atoms with Crippen molar-refractivity contribution >= 4 is 29.3 Å². The van der Waals surface area contributed by atoms with Gasteiger partial charge in [0.1, 0.15) is 0 Å². The van der Waals surface area contributed by atoms with Gasteiger partial charge in [-0.3, -0.25) is 4.79 Å². The Labute approximate surface area is 189 Å². The third-order valence-corrected chi connectivity index (χ3v) is 7.40. The summed E-state index contributed by atoms with van der Waals surface area (Å²) in [7, 11) is 0. The fraction of sp³-hybridized carbons (Fsp3) is 0.346. The predicted molar refractivity (Wildman–Crippen MR) is 128 cm³/mol. The third kappa shape index (κ3) is 5.01. The minimum atomic E-state index is 0.111. The lowest BCUT2D eigenvalue weighted by atomic mass is 9.89. The fourth-order valence-corrected chi connectivity index (χ4v) is 5.68. The molecule has 1 heterocycles. The van der Waals surface area contributed by atoms with E-state index < -0.39 is 0 Å². The van der Waals surface area contributed by atoms with Crippen LogP contribution in [0.15, 0.2) is 78.9 Å². The van der Waals surface area contributed by atoms with E-state index in [1.54, 1.807) is 6.08 Å². The standard InChI is InChI=1S/C26H28ClNOS/c1-2-6-22-13-16-24(20-11-14-23(27)15-12-20)28(26(22)29)25(21-9-10-21)18-30-17-19-7-4-3-5-8-19/h2-8,11-12,14-15,21,24-25H,1,9-10,13,16-18H2/b22-6+/t24-,25?/m0/s1. The largest absolute Gasteiger partial charge is 0.328 e. The van der Waals surface area contributed by atoms with Crippen LogP contribution in [0, 0.1) is 5.92 Å². The minimum Gasteiger partial charge on any atom is -0.328 e. The summed E-state index contributed by atoms with van der Waals surface area (Å²) in [4.78, 5) is 15.7. The molecule has 0 bridgehead atoms. The highest BCUT2D eigenvalue weighted by molar-refractivity contribution is 7.98. The quantitative estimate of drug-likeness (QED) is 0.422. The van der Waals surface area contributed by atoms with Gasteiger partial charge in [-0.15, -0.1) is 0 Å². The van der Waals surface area contributed by atoms with Gasteiger partial charge in [0.2, 0.25) is 0 Å². The normalized spacial score (nSPS) is 21.6. The molecule has 2 fully saturated rings. The van der Waals surface area contributed by atoms with Crippen molar-refractivity contribution in [3.05, 3.63) is 95.1 Å². The van der Waals surface area contributed by atoms with Gasteiger partial charge in [-0.1, -0.05) is 72.8 Å². The molecule has 156 valence electrons. The van der Waals surface area contributed by atoms with E-state index in [2.05, 4.69) is 53.9 Å². The van der Waals surface area contributed by atoms with Crippen LogP contribution in [0.1, 0.15) is 42.9 Å². The van der Waals surface area contributed by atoms with Crippen molar-refractivity contribution < 1.29 is 4.79 Å². The van der Waals surface area contributed by atoms with Crippen LogP contribution < -0.4 is 0 Å². The molecular weight excluding hydrogens is 410 g/mol. The van der Waals surface area contributed by atoms with Crippen molar-refractivity contribution in [2.75, 3.05) is 5.75 Å². The molecule has 4 heteroatoms. The molecule has 2 aliphatic rings. The van der Waals surface area contributed by atoms with Crippen molar-refractivity contribution in [2.45, 2.75) is 43.5 Å². The van der Waals surface area contributed by atoms with Crippen LogP contribution in [0.2, 0.25) is 5.02 Å². The van der Waals surface area contributed by atoms with Gasteiger partial charge in [-0.05, 0) is 54.9 Å². The van der Waals surface area contributed by atoms with Crippen LogP contribution in [0.25, 0.3) is 0 Å². The van der Waals surface area contributed by atoms with Crippen LogP contribution in [0.5, 0.6) is 0 Å². The summed E-state index contributed by atoms with van der Waals surface area (Å²) in [6.45, 7) is 3.81. The first-order valence-electron chi connectivity index (χ1n) is 10.7. The SMILES string of the molecule is C=C/C=C1\CC[C@@H](c2ccc(Cl)cc2)N(C(CSCc2ccccc2)C2CC2)C1=O. The number of amides is 1. The topological polar surface area (TPSA) is 20.3 Å². The molecule has 1 aliphatic heterocycles. The maximum Gasteiger partial charge on any atom is 0.250 e. The summed E-state index contributed by atoms with van der Waals surface area (Å²) >= 11 is 8.06. The van der Waals surface area contributed by atoms with Crippen molar-refractivity contribution in [3.63, 3.8) is 0 Å². The van der Waals surface area contributed by atoms with Crippen LogP contribution in [-0.2, 0) is 10.5 Å². The summed E-state index contributed by atoms with van der Waals surface area (Å²) < 4.78 is 0. The maximum atomic E-state index is 13.5. The second kappa shape index (κ2) is 9.89. The molecule has 2 aromatic carbocycles. The number of allylic oxidation sites excluding steroid dienone is 2. The van der Waals surface area contributed by atoms with E-state index in [1.807, 2.05) is 30.0 Å². The summed E-state index contributed by atoms with van der Waals surface area (Å²) in [5.74, 6) is 2.73. The Hall–Kier alpha value is -1.97. The molecule has 4 rings (SSSR count). The number of rotatable bonds is 8. The zero-order valence-electron chi connectivity index (χ0n) is 17.2. The first kappa shape index (κ1) is 21.3. The molecule has 1 amide bonds. The Kier molecular flexibility index (Phi) is 7.01. The van der Waals surface area contributed by atoms with E-state index >= 15 is 0 Å². The van der Waals surface area contributed by atoms with Gasteiger partial charge >= 0.3 is 0 Å².